The molecule has 19 heavy (non-hydrogen) atoms. The van der Waals surface area contributed by atoms with Crippen LogP contribution in [0.4, 0.5) is 8.78 Å². The largest absolute Gasteiger partial charge is 0.290 e. The standard InChI is InChI=1S/C15H12BrF2N/c16-13-5-6-14(17)12(15(13)18)9-19-7-10-3-1-2-4-11(10)8-19/h1-6H,7-9H2. The summed E-state index contributed by atoms with van der Waals surface area (Å²) in [5.74, 6) is -0.993. The Balaban J connectivity index is 1.83. The van der Waals surface area contributed by atoms with E-state index in [9.17, 15) is 8.78 Å². The third-order valence-corrected chi connectivity index (χ3v) is 4.04. The highest BCUT2D eigenvalue weighted by Crippen LogP contribution is 2.27. The topological polar surface area (TPSA) is 3.24 Å². The molecule has 0 fully saturated rings. The van der Waals surface area contributed by atoms with Gasteiger partial charge in [0.1, 0.15) is 11.6 Å². The van der Waals surface area contributed by atoms with Crippen LogP contribution in [0.2, 0.25) is 0 Å². The number of hydrogen-bond donors (Lipinski definition) is 0. The van der Waals surface area contributed by atoms with Crippen LogP contribution < -0.4 is 0 Å². The van der Waals surface area contributed by atoms with E-state index >= 15 is 0 Å². The van der Waals surface area contributed by atoms with Gasteiger partial charge in [0.2, 0.25) is 0 Å². The molecule has 0 saturated carbocycles. The molecule has 98 valence electrons. The van der Waals surface area contributed by atoms with Gasteiger partial charge in [-0.2, -0.15) is 0 Å². The van der Waals surface area contributed by atoms with Crippen molar-refractivity contribution in [2.45, 2.75) is 19.6 Å². The maximum atomic E-state index is 13.9. The SMILES string of the molecule is Fc1ccc(Br)c(F)c1CN1Cc2ccccc2C1. The molecule has 0 unspecified atom stereocenters. The molecule has 0 atom stereocenters. The van der Waals surface area contributed by atoms with Gasteiger partial charge in [0.05, 0.1) is 4.47 Å². The van der Waals surface area contributed by atoms with Gasteiger partial charge in [-0.05, 0) is 39.2 Å². The summed E-state index contributed by atoms with van der Waals surface area (Å²) in [6.45, 7) is 1.76. The summed E-state index contributed by atoms with van der Waals surface area (Å²) >= 11 is 3.10. The Kier molecular flexibility index (Phi) is 3.37. The van der Waals surface area contributed by atoms with E-state index < -0.39 is 11.6 Å². The second-order valence-electron chi connectivity index (χ2n) is 4.74. The van der Waals surface area contributed by atoms with E-state index in [1.54, 1.807) is 0 Å². The molecule has 0 aromatic heterocycles. The Labute approximate surface area is 119 Å². The molecule has 0 bridgehead atoms. The Hall–Kier alpha value is -1.26. The second-order valence-corrected chi connectivity index (χ2v) is 5.59. The Morgan fingerprint density at radius 1 is 1.00 bits per heavy atom. The maximum absolute atomic E-state index is 13.9. The van der Waals surface area contributed by atoms with E-state index in [0.29, 0.717) is 4.47 Å². The molecule has 2 aromatic rings. The first-order chi connectivity index (χ1) is 9.15. The zero-order valence-electron chi connectivity index (χ0n) is 10.2. The molecule has 1 aliphatic heterocycles. The van der Waals surface area contributed by atoms with Crippen LogP contribution in [-0.4, -0.2) is 4.90 Å². The van der Waals surface area contributed by atoms with Gasteiger partial charge in [-0.1, -0.05) is 24.3 Å². The lowest BCUT2D eigenvalue weighted by atomic mass is 10.1. The molecule has 0 spiro atoms. The summed E-state index contributed by atoms with van der Waals surface area (Å²) in [6, 6.07) is 10.8. The first-order valence-electron chi connectivity index (χ1n) is 6.06. The summed E-state index contributed by atoms with van der Waals surface area (Å²) in [5, 5.41) is 0. The number of fused-ring (bicyclic) bond motifs is 1. The molecule has 1 aliphatic rings. The van der Waals surface area contributed by atoms with Crippen LogP contribution in [0.3, 0.4) is 0 Å². The lowest BCUT2D eigenvalue weighted by Crippen LogP contribution is -2.17. The number of halogens is 3. The predicted molar refractivity (Wildman–Crippen MR) is 73.5 cm³/mol. The molecular formula is C15H12BrF2N. The van der Waals surface area contributed by atoms with Crippen molar-refractivity contribution >= 4 is 15.9 Å². The van der Waals surface area contributed by atoms with Gasteiger partial charge in [-0.15, -0.1) is 0 Å². The molecule has 0 amide bonds. The second kappa shape index (κ2) is 5.02. The average Bonchev–Trinajstić information content (AvgIpc) is 2.81. The summed E-state index contributed by atoms with van der Waals surface area (Å²) < 4.78 is 28.0. The zero-order valence-corrected chi connectivity index (χ0v) is 11.8. The number of nitrogens with zero attached hydrogens (tertiary/aromatic N) is 1. The average molecular weight is 324 g/mol. The van der Waals surface area contributed by atoms with E-state index in [4.69, 9.17) is 0 Å². The summed E-state index contributed by atoms with van der Waals surface area (Å²) in [7, 11) is 0. The van der Waals surface area contributed by atoms with Gasteiger partial charge in [0, 0.05) is 25.2 Å². The normalized spacial score (nSPS) is 14.7. The van der Waals surface area contributed by atoms with E-state index in [-0.39, 0.29) is 12.1 Å². The maximum Gasteiger partial charge on any atom is 0.144 e. The molecule has 2 aromatic carbocycles. The number of hydrogen-bond acceptors (Lipinski definition) is 1. The molecular weight excluding hydrogens is 312 g/mol. The lowest BCUT2D eigenvalue weighted by molar-refractivity contribution is 0.266. The minimum absolute atomic E-state index is 0.127. The monoisotopic (exact) mass is 323 g/mol. The molecule has 0 aliphatic carbocycles. The fraction of sp³-hybridized carbons (Fsp3) is 0.200. The van der Waals surface area contributed by atoms with Crippen molar-refractivity contribution in [2.75, 3.05) is 0 Å². The molecule has 0 radical (unpaired) electrons. The summed E-state index contributed by atoms with van der Waals surface area (Å²) in [6.07, 6.45) is 0. The smallest absolute Gasteiger partial charge is 0.144 e. The van der Waals surface area contributed by atoms with Gasteiger partial charge in [-0.25, -0.2) is 8.78 Å². The van der Waals surface area contributed by atoms with Crippen LogP contribution in [-0.2, 0) is 19.6 Å². The molecule has 4 heteroatoms. The van der Waals surface area contributed by atoms with Crippen molar-refractivity contribution in [3.8, 4) is 0 Å². The Bertz CT molecular complexity index is 603. The first kappa shape index (κ1) is 12.8. The molecule has 3 rings (SSSR count). The van der Waals surface area contributed by atoms with Crippen molar-refractivity contribution in [2.24, 2.45) is 0 Å². The van der Waals surface area contributed by atoms with E-state index in [0.717, 1.165) is 13.1 Å². The van der Waals surface area contributed by atoms with Crippen LogP contribution >= 0.6 is 15.9 Å². The molecule has 0 N–H and O–H groups in total. The highest BCUT2D eigenvalue weighted by molar-refractivity contribution is 9.10. The number of rotatable bonds is 2. The highest BCUT2D eigenvalue weighted by Gasteiger charge is 2.21. The van der Waals surface area contributed by atoms with E-state index in [1.807, 2.05) is 17.0 Å². The number of benzene rings is 2. The summed E-state index contributed by atoms with van der Waals surface area (Å²) in [4.78, 5) is 2.04. The van der Waals surface area contributed by atoms with E-state index in [2.05, 4.69) is 28.1 Å². The zero-order chi connectivity index (χ0) is 13.4. The lowest BCUT2D eigenvalue weighted by Gasteiger charge is -2.16. The van der Waals surface area contributed by atoms with E-state index in [1.165, 1.54) is 23.3 Å². The van der Waals surface area contributed by atoms with Crippen molar-refractivity contribution in [1.82, 2.24) is 4.90 Å². The minimum Gasteiger partial charge on any atom is -0.290 e. The first-order valence-corrected chi connectivity index (χ1v) is 6.86. The van der Waals surface area contributed by atoms with Crippen LogP contribution in [0.1, 0.15) is 16.7 Å². The van der Waals surface area contributed by atoms with Gasteiger partial charge >= 0.3 is 0 Å². The van der Waals surface area contributed by atoms with Crippen LogP contribution in [0.25, 0.3) is 0 Å². The van der Waals surface area contributed by atoms with Gasteiger partial charge in [0.15, 0.2) is 0 Å². The highest BCUT2D eigenvalue weighted by atomic mass is 79.9. The predicted octanol–water partition coefficient (Wildman–Crippen LogP) is 4.24. The van der Waals surface area contributed by atoms with Crippen molar-refractivity contribution < 1.29 is 8.78 Å². The van der Waals surface area contributed by atoms with Gasteiger partial charge in [-0.3, -0.25) is 4.90 Å². The molecule has 0 saturated heterocycles. The molecule has 1 nitrogen and oxygen atoms in total. The van der Waals surface area contributed by atoms with Crippen LogP contribution in [0.5, 0.6) is 0 Å². The van der Waals surface area contributed by atoms with Gasteiger partial charge in [0.25, 0.3) is 0 Å². The third kappa shape index (κ3) is 2.42. The fourth-order valence-electron chi connectivity index (χ4n) is 2.45. The van der Waals surface area contributed by atoms with Crippen molar-refractivity contribution in [3.63, 3.8) is 0 Å². The molecule has 1 heterocycles. The minimum atomic E-state index is -0.504. The summed E-state index contributed by atoms with van der Waals surface area (Å²) in [5.41, 5.74) is 2.60. The van der Waals surface area contributed by atoms with Crippen molar-refractivity contribution in [3.05, 3.63) is 69.2 Å². The van der Waals surface area contributed by atoms with Crippen molar-refractivity contribution in [1.29, 1.82) is 0 Å². The Morgan fingerprint density at radius 3 is 2.26 bits per heavy atom. The fourth-order valence-corrected chi connectivity index (χ4v) is 2.82. The quantitative estimate of drug-likeness (QED) is 0.747. The third-order valence-electron chi connectivity index (χ3n) is 3.43. The van der Waals surface area contributed by atoms with Gasteiger partial charge < -0.3 is 0 Å². The van der Waals surface area contributed by atoms with Crippen LogP contribution in [0.15, 0.2) is 40.9 Å². The van der Waals surface area contributed by atoms with Crippen LogP contribution in [0, 0.1) is 11.6 Å². The Morgan fingerprint density at radius 2 is 1.63 bits per heavy atom.